The molecule has 0 bridgehead atoms. The molecular weight excluding hydrogens is 354 g/mol. The summed E-state index contributed by atoms with van der Waals surface area (Å²) in [4.78, 5) is 0. The first kappa shape index (κ1) is 21.9. The molecule has 2 rings (SSSR count). The maximum atomic E-state index is 9.88. The van der Waals surface area contributed by atoms with Crippen LogP contribution in [0.3, 0.4) is 0 Å². The van der Waals surface area contributed by atoms with Crippen molar-refractivity contribution in [2.24, 2.45) is 5.73 Å². The van der Waals surface area contributed by atoms with E-state index in [9.17, 15) is 25.5 Å². The molecule has 10 atom stereocenters. The van der Waals surface area contributed by atoms with Gasteiger partial charge in [-0.05, 0) is 0 Å². The van der Waals surface area contributed by atoms with Crippen molar-refractivity contribution in [2.45, 2.75) is 61.3 Å². The Kier molecular flexibility index (Phi) is 8.19. The Bertz CT molecular complexity index is 355. The van der Waals surface area contributed by atoms with Crippen molar-refractivity contribution in [1.29, 1.82) is 0 Å². The van der Waals surface area contributed by atoms with Crippen molar-refractivity contribution < 1.29 is 50.0 Å². The van der Waals surface area contributed by atoms with E-state index in [2.05, 4.69) is 0 Å². The monoisotopic (exact) mass is 377 g/mol. The van der Waals surface area contributed by atoms with Crippen LogP contribution in [0.25, 0.3) is 0 Å². The number of aliphatic hydroxyl groups is 7. The Balaban J connectivity index is 0.00000288. The molecule has 2 aliphatic rings. The molecule has 144 valence electrons. The maximum absolute atomic E-state index is 9.88. The second kappa shape index (κ2) is 8.98. The van der Waals surface area contributed by atoms with Crippen molar-refractivity contribution in [3.63, 3.8) is 0 Å². The Morgan fingerprint density at radius 2 is 1.17 bits per heavy atom. The van der Waals surface area contributed by atoms with Crippen LogP contribution in [0, 0.1) is 0 Å². The largest absolute Gasteiger partial charge is 0.394 e. The van der Waals surface area contributed by atoms with Crippen molar-refractivity contribution in [3.8, 4) is 0 Å². The fraction of sp³-hybridized carbons (Fsp3) is 1.00. The molecule has 2 fully saturated rings. The van der Waals surface area contributed by atoms with Crippen LogP contribution in [0.5, 0.6) is 0 Å². The normalized spacial score (nSPS) is 49.5. The first-order valence-electron chi connectivity index (χ1n) is 7.15. The van der Waals surface area contributed by atoms with E-state index in [4.69, 9.17) is 30.2 Å². The van der Waals surface area contributed by atoms with Gasteiger partial charge < -0.3 is 55.7 Å². The molecule has 0 aromatic heterocycles. The summed E-state index contributed by atoms with van der Waals surface area (Å²) in [6.45, 7) is -1.25. The predicted octanol–water partition coefficient (Wildman–Crippen LogP) is -5.01. The Labute approximate surface area is 143 Å². The minimum absolute atomic E-state index is 0. The molecule has 11 nitrogen and oxygen atoms in total. The topological polar surface area (TPSA) is 195 Å². The third-order valence-corrected chi connectivity index (χ3v) is 4.05. The smallest absolute Gasteiger partial charge is 0.189 e. The molecule has 24 heavy (non-hydrogen) atoms. The molecule has 2 saturated heterocycles. The number of hydrogen-bond acceptors (Lipinski definition) is 11. The van der Waals surface area contributed by atoms with Crippen LogP contribution < -0.4 is 5.73 Å². The third-order valence-electron chi connectivity index (χ3n) is 4.05. The molecular formula is C12H24ClNO10. The van der Waals surface area contributed by atoms with E-state index in [0.717, 1.165) is 0 Å². The third kappa shape index (κ3) is 4.15. The van der Waals surface area contributed by atoms with Gasteiger partial charge in [0, 0.05) is 0 Å². The lowest BCUT2D eigenvalue weighted by molar-refractivity contribution is -0.361. The van der Waals surface area contributed by atoms with Gasteiger partial charge in [-0.25, -0.2) is 0 Å². The van der Waals surface area contributed by atoms with Gasteiger partial charge in [0.25, 0.3) is 0 Å². The molecule has 2 heterocycles. The molecule has 2 aliphatic heterocycles. The van der Waals surface area contributed by atoms with Crippen LogP contribution in [-0.2, 0) is 14.2 Å². The molecule has 9 N–H and O–H groups in total. The van der Waals surface area contributed by atoms with E-state index >= 15 is 0 Å². The summed E-state index contributed by atoms with van der Waals surface area (Å²) >= 11 is 0. The zero-order valence-corrected chi connectivity index (χ0v) is 13.3. The lowest BCUT2D eigenvalue weighted by Crippen LogP contribution is -2.65. The highest BCUT2D eigenvalue weighted by molar-refractivity contribution is 5.85. The molecule has 0 spiro atoms. The molecule has 0 aliphatic carbocycles. The van der Waals surface area contributed by atoms with Crippen LogP contribution >= 0.6 is 12.4 Å². The number of aliphatic hydroxyl groups excluding tert-OH is 7. The van der Waals surface area contributed by atoms with Gasteiger partial charge in [0.1, 0.15) is 42.7 Å². The SMILES string of the molecule is Cl.N[C@H]1[C@@H](O[C@H]2O[C@H](CO)[C@@H](O)[C@H](O)[C@H]2O)O[C@H](CO)[C@@H](O)[C@@H]1O. The van der Waals surface area contributed by atoms with E-state index in [1.807, 2.05) is 0 Å². The second-order valence-corrected chi connectivity index (χ2v) is 5.62. The molecule has 0 radical (unpaired) electrons. The summed E-state index contributed by atoms with van der Waals surface area (Å²) in [5.41, 5.74) is 5.68. The van der Waals surface area contributed by atoms with Gasteiger partial charge in [-0.15, -0.1) is 12.4 Å². The number of rotatable bonds is 4. The summed E-state index contributed by atoms with van der Waals surface area (Å²) in [6, 6.07) is -1.22. The highest BCUT2D eigenvalue weighted by atomic mass is 35.5. The number of nitrogens with two attached hydrogens (primary N) is 1. The first-order valence-corrected chi connectivity index (χ1v) is 7.15. The van der Waals surface area contributed by atoms with Crippen molar-refractivity contribution >= 4 is 12.4 Å². The van der Waals surface area contributed by atoms with E-state index in [1.54, 1.807) is 0 Å². The molecule has 12 heteroatoms. The average Bonchev–Trinajstić information content (AvgIpc) is 2.55. The van der Waals surface area contributed by atoms with E-state index in [-0.39, 0.29) is 12.4 Å². The Hall–Kier alpha value is -0.150. The van der Waals surface area contributed by atoms with Gasteiger partial charge in [-0.1, -0.05) is 0 Å². The van der Waals surface area contributed by atoms with Crippen molar-refractivity contribution in [3.05, 3.63) is 0 Å². The molecule has 0 unspecified atom stereocenters. The van der Waals surface area contributed by atoms with Gasteiger partial charge in [-0.2, -0.15) is 0 Å². The predicted molar refractivity (Wildman–Crippen MR) is 77.8 cm³/mol. The van der Waals surface area contributed by atoms with Gasteiger partial charge in [-0.3, -0.25) is 0 Å². The average molecular weight is 378 g/mol. The summed E-state index contributed by atoms with van der Waals surface area (Å²) in [5.74, 6) is 0. The van der Waals surface area contributed by atoms with Crippen LogP contribution in [0.1, 0.15) is 0 Å². The Morgan fingerprint density at radius 3 is 1.67 bits per heavy atom. The molecule has 0 aromatic carbocycles. The lowest BCUT2D eigenvalue weighted by atomic mass is 9.97. The van der Waals surface area contributed by atoms with Crippen LogP contribution in [0.4, 0.5) is 0 Å². The van der Waals surface area contributed by atoms with Gasteiger partial charge in [0.05, 0.1) is 19.3 Å². The number of ether oxygens (including phenoxy) is 3. The van der Waals surface area contributed by atoms with Gasteiger partial charge in [0.2, 0.25) is 0 Å². The van der Waals surface area contributed by atoms with Gasteiger partial charge in [0.15, 0.2) is 12.6 Å². The van der Waals surface area contributed by atoms with Crippen molar-refractivity contribution in [1.82, 2.24) is 0 Å². The van der Waals surface area contributed by atoms with Gasteiger partial charge >= 0.3 is 0 Å². The van der Waals surface area contributed by atoms with Crippen LogP contribution in [0.2, 0.25) is 0 Å². The maximum Gasteiger partial charge on any atom is 0.189 e. The molecule has 0 saturated carbocycles. The minimum atomic E-state index is -1.67. The zero-order chi connectivity index (χ0) is 17.3. The van der Waals surface area contributed by atoms with Crippen molar-refractivity contribution in [2.75, 3.05) is 13.2 Å². The fourth-order valence-corrected chi connectivity index (χ4v) is 2.54. The number of halogens is 1. The van der Waals surface area contributed by atoms with E-state index in [1.165, 1.54) is 0 Å². The lowest BCUT2D eigenvalue weighted by Gasteiger charge is -2.45. The first-order chi connectivity index (χ1) is 10.8. The summed E-state index contributed by atoms with van der Waals surface area (Å²) < 4.78 is 15.6. The standard InChI is InChI=1S/C12H23NO10.ClH/c13-5-8(18)6(16)3(1-14)21-11(5)23-12-10(20)9(19)7(17)4(2-15)22-12;/h3-12,14-20H,1-2,13H2;1H/t3-,4-,5-,6-,7-,8-,9+,10-,11-,12-;/m1./s1. The fourth-order valence-electron chi connectivity index (χ4n) is 2.54. The number of hydrogen-bond donors (Lipinski definition) is 8. The molecule has 0 amide bonds. The second-order valence-electron chi connectivity index (χ2n) is 5.62. The molecule has 0 aromatic rings. The summed E-state index contributed by atoms with van der Waals surface area (Å²) in [7, 11) is 0. The Morgan fingerprint density at radius 1 is 0.708 bits per heavy atom. The van der Waals surface area contributed by atoms with Crippen LogP contribution in [-0.4, -0.2) is 110 Å². The summed E-state index contributed by atoms with van der Waals surface area (Å²) in [5, 5.41) is 67.0. The van der Waals surface area contributed by atoms with Crippen LogP contribution in [0.15, 0.2) is 0 Å². The zero-order valence-electron chi connectivity index (χ0n) is 12.5. The quantitative estimate of drug-likeness (QED) is 0.233. The van der Waals surface area contributed by atoms with E-state index in [0.29, 0.717) is 0 Å². The highest BCUT2D eigenvalue weighted by Gasteiger charge is 2.48. The van der Waals surface area contributed by atoms with E-state index < -0.39 is 74.6 Å². The minimum Gasteiger partial charge on any atom is -0.394 e. The summed E-state index contributed by atoms with van der Waals surface area (Å²) in [6.07, 6.45) is -13.0. The highest BCUT2D eigenvalue weighted by Crippen LogP contribution is 2.27.